The zero-order valence-electron chi connectivity index (χ0n) is 17.1. The van der Waals surface area contributed by atoms with Gasteiger partial charge in [-0.15, -0.1) is 0 Å². The molecule has 0 atom stereocenters. The van der Waals surface area contributed by atoms with Crippen LogP contribution in [0.4, 0.5) is 26.3 Å². The molecule has 0 bridgehead atoms. The van der Waals surface area contributed by atoms with Crippen LogP contribution in [0.25, 0.3) is 0 Å². The van der Waals surface area contributed by atoms with Crippen LogP contribution in [0.2, 0.25) is 0 Å². The van der Waals surface area contributed by atoms with Crippen molar-refractivity contribution in [1.82, 2.24) is 0 Å². The van der Waals surface area contributed by atoms with Crippen LogP contribution >= 0.6 is 0 Å². The molecule has 3 aromatic rings. The molecule has 0 fully saturated rings. The Bertz CT molecular complexity index is 1030. The van der Waals surface area contributed by atoms with Gasteiger partial charge in [-0.3, -0.25) is 0 Å². The summed E-state index contributed by atoms with van der Waals surface area (Å²) in [6.45, 7) is 0. The highest BCUT2D eigenvalue weighted by Crippen LogP contribution is 2.43. The largest absolute Gasteiger partial charge is 0.748 e. The van der Waals surface area contributed by atoms with Crippen molar-refractivity contribution in [2.45, 2.75) is 32.6 Å². The van der Waals surface area contributed by atoms with Crippen molar-refractivity contribution in [2.24, 2.45) is 0 Å². The first-order chi connectivity index (χ1) is 15.7. The van der Waals surface area contributed by atoms with Gasteiger partial charge in [-0.05, 0) is 36.4 Å². The fourth-order valence-corrected chi connectivity index (χ4v) is 5.60. The van der Waals surface area contributed by atoms with Gasteiger partial charge in [0.15, 0.2) is 14.7 Å². The molecule has 0 saturated carbocycles. The summed E-state index contributed by atoms with van der Waals surface area (Å²) in [4.78, 5) is 4.08. The second kappa shape index (κ2) is 10.8. The first-order valence-corrected chi connectivity index (χ1v) is 12.1. The maximum atomic E-state index is 11.8. The van der Waals surface area contributed by atoms with E-state index < -0.39 is 33.8 Å². The molecule has 0 aromatic heterocycles. The molecule has 34 heavy (non-hydrogen) atoms. The van der Waals surface area contributed by atoms with Crippen molar-refractivity contribution in [1.29, 1.82) is 0 Å². The van der Waals surface area contributed by atoms with E-state index in [1.165, 1.54) is 14.7 Å². The summed E-state index contributed by atoms with van der Waals surface area (Å²) in [6, 6.07) is 32.2. The van der Waals surface area contributed by atoms with E-state index >= 15 is 0 Å². The van der Waals surface area contributed by atoms with Gasteiger partial charge >= 0.3 is 12.4 Å². The van der Waals surface area contributed by atoms with Gasteiger partial charge in [0.25, 0.3) is 5.60 Å². The molecule has 4 nitrogen and oxygen atoms in total. The first-order valence-electron chi connectivity index (χ1n) is 9.34. The Morgan fingerprint density at radius 3 is 1.09 bits per heavy atom. The minimum Gasteiger partial charge on any atom is -0.748 e. The Morgan fingerprint density at radius 1 is 0.647 bits per heavy atom. The molecule has 3 rings (SSSR count). The molecular weight excluding hydrogens is 506 g/mol. The fraction of sp³-hybridized carbons (Fsp3) is 0.182. The van der Waals surface area contributed by atoms with Crippen LogP contribution in [0, 0.1) is 0 Å². The highest BCUT2D eigenvalue weighted by atomic mass is 32.2. The molecule has 3 aromatic carbocycles. The highest BCUT2D eigenvalue weighted by Gasteiger charge is 2.71. The summed E-state index contributed by atoms with van der Waals surface area (Å²) in [6.07, 6.45) is -12.6. The van der Waals surface area contributed by atoms with E-state index in [2.05, 4.69) is 91.0 Å². The van der Waals surface area contributed by atoms with Gasteiger partial charge in [0.2, 0.25) is 0 Å². The maximum Gasteiger partial charge on any atom is 0.427 e. The van der Waals surface area contributed by atoms with Crippen molar-refractivity contribution in [2.75, 3.05) is 5.75 Å². The second-order valence-electron chi connectivity index (χ2n) is 6.80. The van der Waals surface area contributed by atoms with E-state index in [-0.39, 0.29) is 10.9 Å². The lowest BCUT2D eigenvalue weighted by Gasteiger charge is -2.32. The average molecular weight is 525 g/mol. The highest BCUT2D eigenvalue weighted by molar-refractivity contribution is 7.97. The van der Waals surface area contributed by atoms with E-state index in [1.807, 2.05) is 0 Å². The lowest BCUT2D eigenvalue weighted by Crippen LogP contribution is -2.60. The molecule has 0 aliphatic carbocycles. The second-order valence-corrected chi connectivity index (χ2v) is 10.2. The molecule has 1 N–H and O–H groups in total. The zero-order chi connectivity index (χ0) is 25.6. The minimum atomic E-state index is -6.30. The summed E-state index contributed by atoms with van der Waals surface area (Å²) < 4.78 is 100. The monoisotopic (exact) mass is 524 g/mol. The predicted molar refractivity (Wildman–Crippen MR) is 113 cm³/mol. The quantitative estimate of drug-likeness (QED) is 0.284. The van der Waals surface area contributed by atoms with Gasteiger partial charge in [-0.25, -0.2) is 8.42 Å². The molecule has 12 heteroatoms. The fourth-order valence-electron chi connectivity index (χ4n) is 2.66. The third-order valence-corrected chi connectivity index (χ3v) is 7.26. The smallest absolute Gasteiger partial charge is 0.427 e. The lowest BCUT2D eigenvalue weighted by molar-refractivity contribution is -0.359. The lowest BCUT2D eigenvalue weighted by atomic mass is 10.1. The Hall–Kier alpha value is -2.54. The first kappa shape index (κ1) is 27.7. The van der Waals surface area contributed by atoms with Crippen molar-refractivity contribution >= 4 is 21.0 Å². The minimum absolute atomic E-state index is 0.0146. The summed E-state index contributed by atoms with van der Waals surface area (Å²) in [5, 5.41) is 8.19. The van der Waals surface area contributed by atoms with Crippen LogP contribution in [0.5, 0.6) is 0 Å². The molecule has 184 valence electrons. The third-order valence-electron chi connectivity index (χ3n) is 4.26. The van der Waals surface area contributed by atoms with E-state index in [1.54, 1.807) is 0 Å². The number of hydrogen-bond acceptors (Lipinski definition) is 4. The predicted octanol–water partition coefficient (Wildman–Crippen LogP) is 5.17. The Kier molecular flexibility index (Phi) is 8.81. The molecule has 0 saturated heterocycles. The molecule has 0 amide bonds. The molecule has 0 spiro atoms. The van der Waals surface area contributed by atoms with E-state index in [9.17, 15) is 39.3 Å². The number of benzene rings is 3. The van der Waals surface area contributed by atoms with Crippen LogP contribution in [-0.4, -0.2) is 41.8 Å². The van der Waals surface area contributed by atoms with Gasteiger partial charge in [-0.1, -0.05) is 54.6 Å². The van der Waals surface area contributed by atoms with Crippen molar-refractivity contribution in [3.8, 4) is 0 Å². The van der Waals surface area contributed by atoms with Crippen LogP contribution in [0.15, 0.2) is 106 Å². The summed E-state index contributed by atoms with van der Waals surface area (Å²) in [5.41, 5.74) is -5.54. The van der Waals surface area contributed by atoms with Gasteiger partial charge < -0.3 is 9.66 Å². The number of alkyl halides is 6. The van der Waals surface area contributed by atoms with Crippen molar-refractivity contribution < 1.29 is 44.4 Å². The van der Waals surface area contributed by atoms with Crippen molar-refractivity contribution in [3.63, 3.8) is 0 Å². The SMILES string of the molecule is O=S(=O)([O-])CC(O)(C(F)(F)F)C(F)(F)F.c1ccc([S+](c2ccccc2)c2ccccc2)cc1. The van der Waals surface area contributed by atoms with Gasteiger partial charge in [0.05, 0.1) is 26.8 Å². The maximum absolute atomic E-state index is 11.8. The van der Waals surface area contributed by atoms with Gasteiger partial charge in [0, 0.05) is 0 Å². The molecule has 0 heterocycles. The Balaban J connectivity index is 0.000000249. The standard InChI is InChI=1S/C18H15S.C4H4F6O4S/c1-4-10-16(11-5-1)19(17-12-6-2-7-13-17)18-14-8-3-9-15-18;5-3(6,7)2(11,4(8,9)10)1-15(12,13)14/h1-15H;11H,1H2,(H,12,13,14)/q+1;/p-1. The zero-order valence-corrected chi connectivity index (χ0v) is 18.8. The Morgan fingerprint density at radius 2 is 0.912 bits per heavy atom. The van der Waals surface area contributed by atoms with Crippen LogP contribution in [-0.2, 0) is 21.0 Å². The molecule has 0 aliphatic rings. The Labute approximate surface area is 195 Å². The van der Waals surface area contributed by atoms with E-state index in [4.69, 9.17) is 5.11 Å². The van der Waals surface area contributed by atoms with Crippen LogP contribution < -0.4 is 0 Å². The van der Waals surface area contributed by atoms with Crippen molar-refractivity contribution in [3.05, 3.63) is 91.0 Å². The summed E-state index contributed by atoms with van der Waals surface area (Å²) in [7, 11) is -5.90. The molecular formula is C22H18F6O4S2. The summed E-state index contributed by atoms with van der Waals surface area (Å²) in [5.74, 6) is -3.01. The number of hydrogen-bond donors (Lipinski definition) is 1. The number of halogens is 6. The summed E-state index contributed by atoms with van der Waals surface area (Å²) >= 11 is 0. The van der Waals surface area contributed by atoms with E-state index in [0.717, 1.165) is 0 Å². The third kappa shape index (κ3) is 7.23. The number of rotatable bonds is 5. The van der Waals surface area contributed by atoms with E-state index in [0.29, 0.717) is 0 Å². The van der Waals surface area contributed by atoms with Crippen LogP contribution in [0.1, 0.15) is 0 Å². The van der Waals surface area contributed by atoms with Gasteiger partial charge in [0.1, 0.15) is 0 Å². The topological polar surface area (TPSA) is 77.4 Å². The molecule has 0 aliphatic heterocycles. The molecule has 0 radical (unpaired) electrons. The molecule has 0 unspecified atom stereocenters. The average Bonchev–Trinajstić information content (AvgIpc) is 2.74. The number of aliphatic hydroxyl groups is 1. The van der Waals surface area contributed by atoms with Gasteiger partial charge in [-0.2, -0.15) is 26.3 Å². The van der Waals surface area contributed by atoms with Crippen LogP contribution in [0.3, 0.4) is 0 Å². The normalized spacial score (nSPS) is 12.7.